The number of carbonyl (C=O) groups is 1. The van der Waals surface area contributed by atoms with Gasteiger partial charge in [-0.3, -0.25) is 9.79 Å². The van der Waals surface area contributed by atoms with Crippen molar-refractivity contribution < 1.29 is 4.79 Å². The third-order valence-electron chi connectivity index (χ3n) is 4.69. The molecule has 1 unspecified atom stereocenters. The van der Waals surface area contributed by atoms with Gasteiger partial charge in [0.25, 0.3) is 0 Å². The van der Waals surface area contributed by atoms with Crippen LogP contribution in [0.1, 0.15) is 39.5 Å². The molecule has 1 amide bonds. The first-order valence-corrected chi connectivity index (χ1v) is 8.03. The van der Waals surface area contributed by atoms with Crippen molar-refractivity contribution in [3.05, 3.63) is 0 Å². The highest BCUT2D eigenvalue weighted by Gasteiger charge is 2.39. The van der Waals surface area contributed by atoms with Crippen LogP contribution in [0, 0.1) is 23.7 Å². The molecule has 0 radical (unpaired) electrons. The van der Waals surface area contributed by atoms with Crippen molar-refractivity contribution >= 4 is 22.8 Å². The Morgan fingerprint density at radius 2 is 2.22 bits per heavy atom. The predicted molar refractivity (Wildman–Crippen MR) is 75.6 cm³/mol. The lowest BCUT2D eigenvalue weighted by atomic mass is 9.89. The Kier molecular flexibility index (Phi) is 3.39. The topological polar surface area (TPSA) is 41.5 Å². The first-order valence-electron chi connectivity index (χ1n) is 7.15. The lowest BCUT2D eigenvalue weighted by molar-refractivity contribution is -0.119. The number of amides is 1. The second kappa shape index (κ2) is 4.87. The SMILES string of the molecule is CC(C)[C@H]1SC(=NCC2C[C@@H]3CC[C@H]2C3)NC1=O. The minimum absolute atomic E-state index is 0.0591. The van der Waals surface area contributed by atoms with Gasteiger partial charge >= 0.3 is 0 Å². The van der Waals surface area contributed by atoms with Gasteiger partial charge in [0.2, 0.25) is 5.91 Å². The summed E-state index contributed by atoms with van der Waals surface area (Å²) in [6.07, 6.45) is 5.66. The van der Waals surface area contributed by atoms with Crippen molar-refractivity contribution in [1.29, 1.82) is 0 Å². The van der Waals surface area contributed by atoms with Gasteiger partial charge in [-0.2, -0.15) is 0 Å². The second-order valence-corrected chi connectivity index (χ2v) is 7.48. The van der Waals surface area contributed by atoms with E-state index >= 15 is 0 Å². The highest BCUT2D eigenvalue weighted by Crippen LogP contribution is 2.48. The van der Waals surface area contributed by atoms with E-state index in [4.69, 9.17) is 0 Å². The molecule has 1 N–H and O–H groups in total. The Hall–Kier alpha value is -0.510. The number of aliphatic imine (C=N–C) groups is 1. The number of carbonyl (C=O) groups excluding carboxylic acids is 1. The molecule has 2 aliphatic carbocycles. The number of nitrogens with zero attached hydrogens (tertiary/aromatic N) is 1. The maximum absolute atomic E-state index is 11.7. The van der Waals surface area contributed by atoms with E-state index in [2.05, 4.69) is 24.2 Å². The molecule has 3 nitrogen and oxygen atoms in total. The van der Waals surface area contributed by atoms with Gasteiger partial charge in [-0.1, -0.05) is 32.0 Å². The molecule has 100 valence electrons. The van der Waals surface area contributed by atoms with Crippen molar-refractivity contribution in [2.24, 2.45) is 28.7 Å². The highest BCUT2D eigenvalue weighted by molar-refractivity contribution is 8.15. The Bertz CT molecular complexity index is 380. The number of nitrogens with one attached hydrogen (secondary N) is 1. The van der Waals surface area contributed by atoms with E-state index in [0.29, 0.717) is 5.92 Å². The summed E-state index contributed by atoms with van der Waals surface area (Å²) in [5.41, 5.74) is 0. The van der Waals surface area contributed by atoms with E-state index in [1.54, 1.807) is 11.8 Å². The van der Waals surface area contributed by atoms with E-state index in [1.807, 2.05) is 0 Å². The van der Waals surface area contributed by atoms with Crippen LogP contribution in [0.5, 0.6) is 0 Å². The average Bonchev–Trinajstić information content (AvgIpc) is 3.00. The van der Waals surface area contributed by atoms with Crippen LogP contribution in [0.25, 0.3) is 0 Å². The summed E-state index contributed by atoms with van der Waals surface area (Å²) in [7, 11) is 0. The summed E-state index contributed by atoms with van der Waals surface area (Å²) in [4.78, 5) is 16.4. The highest BCUT2D eigenvalue weighted by atomic mass is 32.2. The molecule has 0 aromatic heterocycles. The van der Waals surface area contributed by atoms with Gasteiger partial charge in [-0.15, -0.1) is 0 Å². The monoisotopic (exact) mass is 266 g/mol. The average molecular weight is 266 g/mol. The summed E-state index contributed by atoms with van der Waals surface area (Å²) in [5, 5.41) is 3.85. The van der Waals surface area contributed by atoms with Crippen molar-refractivity contribution in [2.75, 3.05) is 6.54 Å². The van der Waals surface area contributed by atoms with Crippen molar-refractivity contribution in [2.45, 2.75) is 44.8 Å². The molecule has 2 saturated carbocycles. The van der Waals surface area contributed by atoms with Gasteiger partial charge in [0.05, 0.1) is 5.25 Å². The van der Waals surface area contributed by atoms with Gasteiger partial charge in [0, 0.05) is 6.54 Å². The van der Waals surface area contributed by atoms with Gasteiger partial charge in [-0.05, 0) is 42.9 Å². The zero-order valence-corrected chi connectivity index (χ0v) is 12.0. The summed E-state index contributed by atoms with van der Waals surface area (Å²) >= 11 is 1.62. The predicted octanol–water partition coefficient (Wildman–Crippen LogP) is 2.67. The normalized spacial score (nSPS) is 41.1. The molecular formula is C14H22N2OS. The Balaban J connectivity index is 1.56. The number of hydrogen-bond donors (Lipinski definition) is 1. The Labute approximate surface area is 113 Å². The van der Waals surface area contributed by atoms with Crippen LogP contribution >= 0.6 is 11.8 Å². The maximum Gasteiger partial charge on any atom is 0.239 e. The largest absolute Gasteiger partial charge is 0.304 e. The van der Waals surface area contributed by atoms with Crippen LogP contribution in [0.2, 0.25) is 0 Å². The molecule has 1 saturated heterocycles. The van der Waals surface area contributed by atoms with E-state index < -0.39 is 0 Å². The van der Waals surface area contributed by atoms with E-state index in [-0.39, 0.29) is 11.2 Å². The fourth-order valence-corrected chi connectivity index (χ4v) is 4.68. The molecule has 0 aromatic carbocycles. The standard InChI is InChI=1S/C14H22N2OS/c1-8(2)12-13(17)16-14(18-12)15-7-11-6-9-3-4-10(11)5-9/h8-12H,3-7H2,1-2H3,(H,15,16,17)/t9-,10+,11?,12-/m1/s1. The molecule has 3 fully saturated rings. The number of fused-ring (bicyclic) bond motifs is 2. The maximum atomic E-state index is 11.7. The third kappa shape index (κ3) is 2.31. The number of hydrogen-bond acceptors (Lipinski definition) is 3. The fraction of sp³-hybridized carbons (Fsp3) is 0.857. The molecule has 0 aromatic rings. The number of thioether (sulfide) groups is 1. The summed E-state index contributed by atoms with van der Waals surface area (Å²) in [6, 6.07) is 0. The zero-order chi connectivity index (χ0) is 12.7. The summed E-state index contributed by atoms with van der Waals surface area (Å²) in [5.74, 6) is 3.20. The Morgan fingerprint density at radius 1 is 1.39 bits per heavy atom. The van der Waals surface area contributed by atoms with Crippen LogP contribution in [0.4, 0.5) is 0 Å². The minimum Gasteiger partial charge on any atom is -0.304 e. The van der Waals surface area contributed by atoms with Crippen LogP contribution in [-0.2, 0) is 4.79 Å². The van der Waals surface area contributed by atoms with Crippen LogP contribution < -0.4 is 5.32 Å². The van der Waals surface area contributed by atoms with E-state index in [0.717, 1.165) is 29.5 Å². The van der Waals surface area contributed by atoms with E-state index in [1.165, 1.54) is 25.7 Å². The molecule has 0 spiro atoms. The van der Waals surface area contributed by atoms with Crippen molar-refractivity contribution in [3.8, 4) is 0 Å². The molecule has 4 heteroatoms. The molecular weight excluding hydrogens is 244 g/mol. The molecule has 4 atom stereocenters. The van der Waals surface area contributed by atoms with Gasteiger partial charge in [0.15, 0.2) is 5.17 Å². The molecule has 1 aliphatic heterocycles. The van der Waals surface area contributed by atoms with Crippen LogP contribution in [0.3, 0.4) is 0 Å². The first-order chi connectivity index (χ1) is 8.63. The van der Waals surface area contributed by atoms with Crippen molar-refractivity contribution in [3.63, 3.8) is 0 Å². The second-order valence-electron chi connectivity index (χ2n) is 6.35. The summed E-state index contributed by atoms with van der Waals surface area (Å²) in [6.45, 7) is 5.11. The third-order valence-corrected chi connectivity index (χ3v) is 6.15. The van der Waals surface area contributed by atoms with Gasteiger partial charge in [0.1, 0.15) is 0 Å². The number of amidine groups is 1. The van der Waals surface area contributed by atoms with Crippen LogP contribution in [-0.4, -0.2) is 22.9 Å². The molecule has 3 aliphatic rings. The number of rotatable bonds is 3. The molecule has 1 heterocycles. The Morgan fingerprint density at radius 3 is 2.78 bits per heavy atom. The lowest BCUT2D eigenvalue weighted by Gasteiger charge is -2.19. The van der Waals surface area contributed by atoms with Crippen molar-refractivity contribution in [1.82, 2.24) is 5.32 Å². The summed E-state index contributed by atoms with van der Waals surface area (Å²) < 4.78 is 0. The molecule has 2 bridgehead atoms. The smallest absolute Gasteiger partial charge is 0.239 e. The van der Waals surface area contributed by atoms with Crippen LogP contribution in [0.15, 0.2) is 4.99 Å². The lowest BCUT2D eigenvalue weighted by Crippen LogP contribution is -2.28. The van der Waals surface area contributed by atoms with Gasteiger partial charge in [-0.25, -0.2) is 0 Å². The quantitative estimate of drug-likeness (QED) is 0.853. The fourth-order valence-electron chi connectivity index (χ4n) is 3.70. The molecule has 3 rings (SSSR count). The molecule has 18 heavy (non-hydrogen) atoms. The van der Waals surface area contributed by atoms with Gasteiger partial charge < -0.3 is 5.32 Å². The van der Waals surface area contributed by atoms with E-state index in [9.17, 15) is 4.79 Å². The minimum atomic E-state index is 0.0591. The first kappa shape index (κ1) is 12.5. The zero-order valence-electron chi connectivity index (χ0n) is 11.2.